The third-order valence-corrected chi connectivity index (χ3v) is 3.52. The van der Waals surface area contributed by atoms with E-state index in [1.807, 2.05) is 39.0 Å². The fraction of sp³-hybridized carbons (Fsp3) is 0.222. The van der Waals surface area contributed by atoms with E-state index in [0.717, 1.165) is 5.71 Å². The first kappa shape index (κ1) is 15.9. The van der Waals surface area contributed by atoms with E-state index in [0.29, 0.717) is 34.5 Å². The molecular weight excluding hydrogens is 304 g/mol. The number of aryl methyl sites for hydroxylation is 1. The minimum absolute atomic E-state index is 0.159. The number of hydrogen-bond donors (Lipinski definition) is 0. The molecule has 0 spiro atoms. The zero-order valence-corrected chi connectivity index (χ0v) is 13.9. The normalized spacial score (nSPS) is 10.6. The summed E-state index contributed by atoms with van der Waals surface area (Å²) < 4.78 is 1.75. The molecule has 3 aromatic rings. The molecule has 0 aliphatic heterocycles. The third-order valence-electron chi connectivity index (χ3n) is 3.52. The van der Waals surface area contributed by atoms with Gasteiger partial charge >= 0.3 is 0 Å². The zero-order chi connectivity index (χ0) is 17.1. The maximum absolute atomic E-state index is 12.8. The fourth-order valence-corrected chi connectivity index (χ4v) is 2.38. The molecule has 24 heavy (non-hydrogen) atoms. The van der Waals surface area contributed by atoms with Gasteiger partial charge in [0.25, 0.3) is 0 Å². The van der Waals surface area contributed by atoms with Crippen molar-refractivity contribution in [2.45, 2.75) is 27.3 Å². The summed E-state index contributed by atoms with van der Waals surface area (Å²) in [6, 6.07) is 9.04. The van der Waals surface area contributed by atoms with Crippen LogP contribution in [0.25, 0.3) is 11.0 Å². The summed E-state index contributed by atoms with van der Waals surface area (Å²) in [5.41, 5.74) is 2.36. The van der Waals surface area contributed by atoms with Gasteiger partial charge in [0, 0.05) is 18.3 Å². The van der Waals surface area contributed by atoms with Crippen LogP contribution in [-0.2, 0) is 6.54 Å². The number of benzene rings is 1. The first-order valence-electron chi connectivity index (χ1n) is 7.74. The van der Waals surface area contributed by atoms with E-state index < -0.39 is 0 Å². The third kappa shape index (κ3) is 2.90. The SMILES string of the molecule is CCn1ncc2c(ON=C(C)C)c(C(=O)c3ccccc3)cnc21. The smallest absolute Gasteiger partial charge is 0.198 e. The van der Waals surface area contributed by atoms with Crippen molar-refractivity contribution in [1.29, 1.82) is 0 Å². The zero-order valence-electron chi connectivity index (χ0n) is 13.9. The molecule has 0 fully saturated rings. The lowest BCUT2D eigenvalue weighted by molar-refractivity contribution is 0.103. The molecule has 0 amide bonds. The lowest BCUT2D eigenvalue weighted by Gasteiger charge is -2.08. The summed E-state index contributed by atoms with van der Waals surface area (Å²) in [5, 5.41) is 8.98. The van der Waals surface area contributed by atoms with Crippen LogP contribution >= 0.6 is 0 Å². The van der Waals surface area contributed by atoms with Crippen LogP contribution in [0.1, 0.15) is 36.7 Å². The minimum Gasteiger partial charge on any atom is -0.355 e. The lowest BCUT2D eigenvalue weighted by atomic mass is 10.0. The van der Waals surface area contributed by atoms with Gasteiger partial charge in [0.1, 0.15) is 0 Å². The standard InChI is InChI=1S/C18H18N4O2/c1-4-22-18-15(11-20-22)17(24-21-12(2)3)14(10-19-18)16(23)13-8-6-5-7-9-13/h5-11H,4H2,1-3H3. The Balaban J connectivity index is 2.18. The molecule has 0 aliphatic rings. The number of aromatic nitrogens is 3. The molecule has 0 atom stereocenters. The number of fused-ring (bicyclic) bond motifs is 1. The summed E-state index contributed by atoms with van der Waals surface area (Å²) in [6.07, 6.45) is 3.19. The fourth-order valence-electron chi connectivity index (χ4n) is 2.38. The van der Waals surface area contributed by atoms with Gasteiger partial charge in [-0.15, -0.1) is 0 Å². The second-order valence-corrected chi connectivity index (χ2v) is 5.52. The van der Waals surface area contributed by atoms with Crippen molar-refractivity contribution in [2.75, 3.05) is 0 Å². The Kier molecular flexibility index (Phi) is 4.37. The summed E-state index contributed by atoms with van der Waals surface area (Å²) >= 11 is 0. The number of oxime groups is 1. The van der Waals surface area contributed by atoms with E-state index in [1.54, 1.807) is 23.0 Å². The second-order valence-electron chi connectivity index (χ2n) is 5.52. The van der Waals surface area contributed by atoms with Crippen LogP contribution in [0, 0.1) is 0 Å². The molecule has 2 heterocycles. The predicted octanol–water partition coefficient (Wildman–Crippen LogP) is 3.46. The van der Waals surface area contributed by atoms with E-state index in [9.17, 15) is 4.79 Å². The number of hydrogen-bond acceptors (Lipinski definition) is 5. The number of rotatable bonds is 5. The molecule has 0 N–H and O–H groups in total. The highest BCUT2D eigenvalue weighted by Gasteiger charge is 2.21. The largest absolute Gasteiger partial charge is 0.355 e. The number of nitrogens with zero attached hydrogens (tertiary/aromatic N) is 4. The van der Waals surface area contributed by atoms with E-state index in [-0.39, 0.29) is 5.78 Å². The van der Waals surface area contributed by atoms with Crippen molar-refractivity contribution in [2.24, 2.45) is 5.16 Å². The molecule has 3 rings (SSSR count). The summed E-state index contributed by atoms with van der Waals surface area (Å²) in [5.74, 6) is 0.225. The van der Waals surface area contributed by atoms with Crippen LogP contribution in [0.3, 0.4) is 0 Å². The van der Waals surface area contributed by atoms with Gasteiger partial charge in [0.05, 0.1) is 22.9 Å². The topological polar surface area (TPSA) is 69.4 Å². The van der Waals surface area contributed by atoms with Crippen molar-refractivity contribution >= 4 is 22.5 Å². The predicted molar refractivity (Wildman–Crippen MR) is 92.5 cm³/mol. The van der Waals surface area contributed by atoms with E-state index >= 15 is 0 Å². The van der Waals surface area contributed by atoms with Crippen LogP contribution in [-0.4, -0.2) is 26.3 Å². The van der Waals surface area contributed by atoms with Crippen molar-refractivity contribution < 1.29 is 9.63 Å². The van der Waals surface area contributed by atoms with Gasteiger partial charge in [-0.25, -0.2) is 9.67 Å². The molecule has 6 nitrogen and oxygen atoms in total. The molecule has 0 unspecified atom stereocenters. The van der Waals surface area contributed by atoms with Crippen LogP contribution < -0.4 is 4.84 Å². The van der Waals surface area contributed by atoms with Crippen molar-refractivity contribution in [1.82, 2.24) is 14.8 Å². The first-order valence-corrected chi connectivity index (χ1v) is 7.74. The Morgan fingerprint density at radius 1 is 1.21 bits per heavy atom. The van der Waals surface area contributed by atoms with Gasteiger partial charge in [-0.2, -0.15) is 5.10 Å². The van der Waals surface area contributed by atoms with Crippen LogP contribution in [0.15, 0.2) is 47.9 Å². The molecule has 6 heteroatoms. The average Bonchev–Trinajstić information content (AvgIpc) is 3.03. The highest BCUT2D eigenvalue weighted by molar-refractivity contribution is 6.12. The molecule has 1 aromatic carbocycles. The lowest BCUT2D eigenvalue weighted by Crippen LogP contribution is -2.06. The molecular formula is C18H18N4O2. The maximum Gasteiger partial charge on any atom is 0.198 e. The Morgan fingerprint density at radius 3 is 2.62 bits per heavy atom. The van der Waals surface area contributed by atoms with Crippen molar-refractivity contribution in [3.8, 4) is 5.75 Å². The van der Waals surface area contributed by atoms with Crippen LogP contribution in [0.5, 0.6) is 5.75 Å². The summed E-state index contributed by atoms with van der Waals surface area (Å²) in [6.45, 7) is 6.31. The molecule has 0 saturated carbocycles. The van der Waals surface area contributed by atoms with Gasteiger partial charge in [-0.1, -0.05) is 35.5 Å². The highest BCUT2D eigenvalue weighted by Crippen LogP contribution is 2.30. The summed E-state index contributed by atoms with van der Waals surface area (Å²) in [4.78, 5) is 22.8. The first-order chi connectivity index (χ1) is 11.6. The molecule has 0 radical (unpaired) electrons. The van der Waals surface area contributed by atoms with Gasteiger partial charge in [-0.05, 0) is 20.8 Å². The van der Waals surface area contributed by atoms with E-state index in [4.69, 9.17) is 4.84 Å². The Bertz CT molecular complexity index is 909. The second kappa shape index (κ2) is 6.62. The molecule has 0 saturated heterocycles. The van der Waals surface area contributed by atoms with Crippen LogP contribution in [0.4, 0.5) is 0 Å². The maximum atomic E-state index is 12.8. The van der Waals surface area contributed by atoms with Crippen molar-refractivity contribution in [3.63, 3.8) is 0 Å². The Morgan fingerprint density at radius 2 is 1.96 bits per heavy atom. The average molecular weight is 322 g/mol. The summed E-state index contributed by atoms with van der Waals surface area (Å²) in [7, 11) is 0. The molecule has 122 valence electrons. The molecule has 0 bridgehead atoms. The van der Waals surface area contributed by atoms with Gasteiger partial charge in [-0.3, -0.25) is 4.79 Å². The van der Waals surface area contributed by atoms with Crippen molar-refractivity contribution in [3.05, 3.63) is 53.9 Å². The number of carbonyl (C=O) groups is 1. The Hall–Kier alpha value is -3.02. The minimum atomic E-state index is -0.159. The van der Waals surface area contributed by atoms with E-state index in [1.165, 1.54) is 6.20 Å². The molecule has 0 aliphatic carbocycles. The quantitative estimate of drug-likeness (QED) is 0.410. The van der Waals surface area contributed by atoms with Crippen LogP contribution in [0.2, 0.25) is 0 Å². The highest BCUT2D eigenvalue weighted by atomic mass is 16.6. The monoisotopic (exact) mass is 322 g/mol. The number of carbonyl (C=O) groups excluding carboxylic acids is 1. The van der Waals surface area contributed by atoms with E-state index in [2.05, 4.69) is 15.2 Å². The number of pyridine rings is 1. The number of ketones is 1. The van der Waals surface area contributed by atoms with Gasteiger partial charge in [0.2, 0.25) is 0 Å². The van der Waals surface area contributed by atoms with Gasteiger partial charge in [0.15, 0.2) is 17.2 Å². The van der Waals surface area contributed by atoms with Gasteiger partial charge < -0.3 is 4.84 Å². The molecule has 2 aromatic heterocycles. The Labute approximate surface area is 139 Å².